The number of aromatic nitrogens is 3. The summed E-state index contributed by atoms with van der Waals surface area (Å²) in [7, 11) is 0. The smallest absolute Gasteiger partial charge is 0.311 e. The van der Waals surface area contributed by atoms with Gasteiger partial charge in [-0.05, 0) is 43.0 Å². The minimum absolute atomic E-state index is 0.0497. The predicted molar refractivity (Wildman–Crippen MR) is 151 cm³/mol. The minimum atomic E-state index is -0.566. The molecule has 3 heterocycles. The van der Waals surface area contributed by atoms with Crippen LogP contribution < -0.4 is 16.4 Å². The van der Waals surface area contributed by atoms with Crippen LogP contribution in [0.15, 0.2) is 67.3 Å². The van der Waals surface area contributed by atoms with E-state index in [0.29, 0.717) is 30.2 Å². The van der Waals surface area contributed by atoms with E-state index in [1.165, 1.54) is 24.6 Å². The first-order chi connectivity index (χ1) is 18.7. The Bertz CT molecular complexity index is 1490. The number of carbonyl (C=O) groups excluding carboxylic acids is 2. The quantitative estimate of drug-likeness (QED) is 0.104. The Labute approximate surface area is 225 Å². The third-order valence-electron chi connectivity index (χ3n) is 6.31. The molecule has 0 spiro atoms. The monoisotopic (exact) mass is 529 g/mol. The van der Waals surface area contributed by atoms with Gasteiger partial charge in [-0.1, -0.05) is 31.2 Å². The molecule has 39 heavy (non-hydrogen) atoms. The van der Waals surface area contributed by atoms with Crippen molar-refractivity contribution >= 4 is 34.7 Å². The van der Waals surface area contributed by atoms with Gasteiger partial charge in [-0.2, -0.15) is 0 Å². The molecule has 0 aliphatic carbocycles. The number of pyridine rings is 1. The third kappa shape index (κ3) is 6.89. The number of hydrogen-bond donors (Lipinski definition) is 3. The fourth-order valence-electron chi connectivity index (χ4n) is 4.19. The zero-order chi connectivity index (χ0) is 27.9. The number of hydrogen-bond acceptors (Lipinski definition) is 7. The summed E-state index contributed by atoms with van der Waals surface area (Å²) in [6, 6.07) is 12.8. The van der Waals surface area contributed by atoms with Crippen molar-refractivity contribution in [1.82, 2.24) is 14.1 Å². The van der Waals surface area contributed by atoms with Crippen LogP contribution in [0.1, 0.15) is 36.2 Å². The van der Waals surface area contributed by atoms with Gasteiger partial charge < -0.3 is 25.5 Å². The van der Waals surface area contributed by atoms with E-state index in [2.05, 4.69) is 34.7 Å². The van der Waals surface area contributed by atoms with Crippen LogP contribution in [0.5, 0.6) is 0 Å². The Balaban J connectivity index is 1.44. The van der Waals surface area contributed by atoms with E-state index in [0.717, 1.165) is 24.0 Å². The number of rotatable bonds is 12. The lowest BCUT2D eigenvalue weighted by Crippen LogP contribution is -2.18. The van der Waals surface area contributed by atoms with Crippen LogP contribution in [0, 0.1) is 10.1 Å². The fraction of sp³-hybridized carbons (Fsp3) is 0.250. The number of nitrogen functional groups attached to an aromatic ring is 1. The Morgan fingerprint density at radius 2 is 1.82 bits per heavy atom. The van der Waals surface area contributed by atoms with Crippen molar-refractivity contribution in [3.8, 4) is 11.1 Å². The fourth-order valence-corrected chi connectivity index (χ4v) is 4.19. The van der Waals surface area contributed by atoms with E-state index in [-0.39, 0.29) is 29.7 Å². The maximum absolute atomic E-state index is 12.9. The number of benzene rings is 1. The average Bonchev–Trinajstić information content (AvgIpc) is 3.53. The number of nitro groups is 1. The van der Waals surface area contributed by atoms with Crippen molar-refractivity contribution < 1.29 is 14.5 Å². The normalized spacial score (nSPS) is 10.8. The molecule has 4 aromatic rings. The highest BCUT2D eigenvalue weighted by Crippen LogP contribution is 2.30. The van der Waals surface area contributed by atoms with Gasteiger partial charge in [-0.15, -0.1) is 0 Å². The number of carbonyl (C=O) groups is 2. The highest BCUT2D eigenvalue weighted by molar-refractivity contribution is 5.96. The topological polar surface area (TPSA) is 150 Å². The first-order valence-electron chi connectivity index (χ1n) is 12.6. The maximum atomic E-state index is 12.9. The number of nitrogens with two attached hydrogens (primary N) is 1. The lowest BCUT2D eigenvalue weighted by Gasteiger charge is -2.08. The van der Waals surface area contributed by atoms with Gasteiger partial charge in [0.25, 0.3) is 0 Å². The molecule has 1 aromatic carbocycles. The Morgan fingerprint density at radius 3 is 2.46 bits per heavy atom. The molecular weight excluding hydrogens is 498 g/mol. The molecule has 0 aliphatic heterocycles. The molecule has 0 bridgehead atoms. The molecule has 11 heteroatoms. The molecule has 3 aromatic heterocycles. The molecule has 1 amide bonds. The first kappa shape index (κ1) is 27.1. The van der Waals surface area contributed by atoms with Crippen LogP contribution in [0.3, 0.4) is 0 Å². The van der Waals surface area contributed by atoms with Gasteiger partial charge in [0.1, 0.15) is 12.4 Å². The van der Waals surface area contributed by atoms with Gasteiger partial charge in [0.2, 0.25) is 11.7 Å². The van der Waals surface area contributed by atoms with Crippen LogP contribution in [0.2, 0.25) is 0 Å². The van der Waals surface area contributed by atoms with Gasteiger partial charge >= 0.3 is 5.69 Å². The number of nitrogens with one attached hydrogen (secondary N) is 2. The summed E-state index contributed by atoms with van der Waals surface area (Å²) in [5.41, 5.74) is 9.82. The van der Waals surface area contributed by atoms with E-state index in [1.54, 1.807) is 23.0 Å². The van der Waals surface area contributed by atoms with Crippen molar-refractivity contribution in [3.05, 3.63) is 88.5 Å². The average molecular weight is 530 g/mol. The highest BCUT2D eigenvalue weighted by Gasteiger charge is 2.15. The van der Waals surface area contributed by atoms with Crippen LogP contribution in [0.25, 0.3) is 11.1 Å². The molecule has 202 valence electrons. The third-order valence-corrected chi connectivity index (χ3v) is 6.31. The summed E-state index contributed by atoms with van der Waals surface area (Å²) in [4.78, 5) is 38.8. The second-order valence-electron chi connectivity index (χ2n) is 9.19. The van der Waals surface area contributed by atoms with Crippen LogP contribution in [-0.2, 0) is 24.3 Å². The summed E-state index contributed by atoms with van der Waals surface area (Å²) < 4.78 is 3.70. The van der Waals surface area contributed by atoms with Crippen molar-refractivity contribution in [2.24, 2.45) is 0 Å². The SMILES string of the molecule is CCc1ccc(-c2cn(CCCNc3ccc([N+](=O)[O-])c(N)n3)cc2NC(=O)Cn2ccc(C(C)=O)c2)cc1. The van der Waals surface area contributed by atoms with Crippen molar-refractivity contribution in [3.63, 3.8) is 0 Å². The molecule has 0 saturated carbocycles. The maximum Gasteiger partial charge on any atom is 0.311 e. The number of Topliss-reactive ketones (excluding diaryl/α,β-unsaturated/α-hetero) is 1. The van der Waals surface area contributed by atoms with E-state index in [4.69, 9.17) is 5.73 Å². The van der Waals surface area contributed by atoms with E-state index < -0.39 is 4.92 Å². The van der Waals surface area contributed by atoms with E-state index in [1.807, 2.05) is 29.1 Å². The molecule has 4 rings (SSSR count). The van der Waals surface area contributed by atoms with Crippen LogP contribution >= 0.6 is 0 Å². The molecule has 0 aliphatic rings. The van der Waals surface area contributed by atoms with E-state index >= 15 is 0 Å². The Hall–Kier alpha value is -4.93. The molecule has 0 fully saturated rings. The molecule has 0 radical (unpaired) electrons. The second-order valence-corrected chi connectivity index (χ2v) is 9.19. The highest BCUT2D eigenvalue weighted by atomic mass is 16.6. The van der Waals surface area contributed by atoms with Gasteiger partial charge in [-0.3, -0.25) is 19.7 Å². The number of nitrogens with zero attached hydrogens (tertiary/aromatic N) is 4. The largest absolute Gasteiger partial charge is 0.378 e. The van der Waals surface area contributed by atoms with Crippen LogP contribution in [-0.4, -0.2) is 37.3 Å². The van der Waals surface area contributed by atoms with E-state index in [9.17, 15) is 19.7 Å². The zero-order valence-electron chi connectivity index (χ0n) is 21.9. The zero-order valence-corrected chi connectivity index (χ0v) is 21.9. The number of aryl methyl sites for hydroxylation is 2. The second kappa shape index (κ2) is 12.1. The molecular formula is C28H31N7O4. The molecule has 0 saturated heterocycles. The summed E-state index contributed by atoms with van der Waals surface area (Å²) in [5.74, 6) is 0.0832. The lowest BCUT2D eigenvalue weighted by atomic mass is 10.0. The molecule has 11 nitrogen and oxygen atoms in total. The Morgan fingerprint density at radius 1 is 1.05 bits per heavy atom. The van der Waals surface area contributed by atoms with Crippen LogP contribution in [0.4, 0.5) is 23.0 Å². The molecule has 4 N–H and O–H groups in total. The van der Waals surface area contributed by atoms with Gasteiger partial charge in [0.15, 0.2) is 5.78 Å². The van der Waals surface area contributed by atoms with Gasteiger partial charge in [0, 0.05) is 55.1 Å². The summed E-state index contributed by atoms with van der Waals surface area (Å²) in [6.45, 7) is 4.90. The Kier molecular flexibility index (Phi) is 8.40. The number of ketones is 1. The van der Waals surface area contributed by atoms with Crippen molar-refractivity contribution in [1.29, 1.82) is 0 Å². The number of amides is 1. The summed E-state index contributed by atoms with van der Waals surface area (Å²) in [6.07, 6.45) is 8.95. The van der Waals surface area contributed by atoms with Gasteiger partial charge in [0.05, 0.1) is 10.6 Å². The minimum Gasteiger partial charge on any atom is -0.378 e. The standard InChI is InChI=1S/C28H31N7O4/c1-3-20-5-7-21(8-6-20)23-16-33(13-4-12-30-26-10-9-25(35(38)39)28(29)32-26)17-24(23)31-27(37)18-34-14-11-22(15-34)19(2)36/h5-11,14-17H,3-4,12-13,18H2,1-2H3,(H,31,37)(H3,29,30,32). The first-order valence-corrected chi connectivity index (χ1v) is 12.6. The number of anilines is 3. The van der Waals surface area contributed by atoms with Crippen molar-refractivity contribution in [2.45, 2.75) is 39.8 Å². The van der Waals surface area contributed by atoms with Gasteiger partial charge in [-0.25, -0.2) is 4.98 Å². The molecule has 0 unspecified atom stereocenters. The summed E-state index contributed by atoms with van der Waals surface area (Å²) >= 11 is 0. The summed E-state index contributed by atoms with van der Waals surface area (Å²) in [5, 5.41) is 17.1. The predicted octanol–water partition coefficient (Wildman–Crippen LogP) is 4.75. The lowest BCUT2D eigenvalue weighted by molar-refractivity contribution is -0.384. The van der Waals surface area contributed by atoms with Crippen molar-refractivity contribution in [2.75, 3.05) is 22.9 Å². The molecule has 0 atom stereocenters.